The van der Waals surface area contributed by atoms with Crippen LogP contribution in [0.1, 0.15) is 32.6 Å². The average Bonchev–Trinajstić information content (AvgIpc) is 2.67. The molecule has 0 heterocycles. The van der Waals surface area contributed by atoms with Gasteiger partial charge >= 0.3 is 39.1 Å². The second kappa shape index (κ2) is 14.8. The molecule has 1 aliphatic carbocycles. The Labute approximate surface area is 225 Å². The van der Waals surface area contributed by atoms with Crippen LogP contribution in [0.15, 0.2) is 0 Å². The van der Waals surface area contributed by atoms with E-state index in [2.05, 4.69) is 22.6 Å². The number of phosphoric ester groups is 5. The number of carbonyl (C=O) groups excluding carboxylic acids is 1. The molecule has 10 N–H and O–H groups in total. The van der Waals surface area contributed by atoms with Gasteiger partial charge in [-0.3, -0.25) is 22.6 Å². The topological polar surface area (TPSA) is 360 Å². The summed E-state index contributed by atoms with van der Waals surface area (Å²) < 4.78 is 85.6. The first-order valence-corrected chi connectivity index (χ1v) is 18.2. The van der Waals surface area contributed by atoms with Gasteiger partial charge in [-0.25, -0.2) is 22.8 Å². The molecule has 0 aromatic heterocycles. The third-order valence-electron chi connectivity index (χ3n) is 4.72. The lowest BCUT2D eigenvalue weighted by atomic mass is 9.85. The van der Waals surface area contributed by atoms with Crippen LogP contribution in [0.4, 0.5) is 0 Å². The van der Waals surface area contributed by atoms with Gasteiger partial charge < -0.3 is 58.5 Å². The van der Waals surface area contributed by atoms with Crippen LogP contribution in [-0.4, -0.2) is 97.9 Å². The molecule has 0 aromatic rings. The minimum Gasteiger partial charge on any atom is -0.373 e. The molecule has 0 bridgehead atoms. The fraction of sp³-hybridized carbons (Fsp3) is 0.923. The maximum absolute atomic E-state index is 11.7. The van der Waals surface area contributed by atoms with Crippen molar-refractivity contribution in [3.63, 3.8) is 0 Å². The summed E-state index contributed by atoms with van der Waals surface area (Å²) in [6.07, 6.45) is -15.5. The van der Waals surface area contributed by atoms with E-state index in [1.807, 2.05) is 0 Å². The SMILES string of the molecule is CC(=O)CCCCCOC1[C@@H](OP(=O)(O)O)[C@H](OP(=O)(O)O)C(OP(=O)(O)O)[C@@H](OP(=O)(O)O)[C@H]1OP(=O)(O)O. The zero-order valence-electron chi connectivity index (χ0n) is 20.1. The zero-order valence-corrected chi connectivity index (χ0v) is 24.6. The molecule has 0 saturated heterocycles. The van der Waals surface area contributed by atoms with E-state index < -0.39 is 82.3 Å². The molecule has 238 valence electrons. The van der Waals surface area contributed by atoms with Crippen LogP contribution in [0.25, 0.3) is 0 Å². The molecule has 1 saturated carbocycles. The predicted molar refractivity (Wildman–Crippen MR) is 123 cm³/mol. The lowest BCUT2D eigenvalue weighted by molar-refractivity contribution is -0.218. The highest BCUT2D eigenvalue weighted by molar-refractivity contribution is 7.47. The van der Waals surface area contributed by atoms with Gasteiger partial charge in [-0.2, -0.15) is 0 Å². The van der Waals surface area contributed by atoms with Gasteiger partial charge in [0.05, 0.1) is 0 Å². The van der Waals surface area contributed by atoms with Crippen molar-refractivity contribution in [2.24, 2.45) is 0 Å². The predicted octanol–water partition coefficient (Wildman–Crippen LogP) is -1.08. The number of phosphoric acid groups is 5. The molecule has 6 atom stereocenters. The van der Waals surface area contributed by atoms with Gasteiger partial charge in [0.1, 0.15) is 42.4 Å². The average molecular weight is 692 g/mol. The van der Waals surface area contributed by atoms with Crippen molar-refractivity contribution in [2.45, 2.75) is 69.2 Å². The Morgan fingerprint density at radius 2 is 0.775 bits per heavy atom. The Morgan fingerprint density at radius 3 is 1.02 bits per heavy atom. The van der Waals surface area contributed by atoms with E-state index in [0.717, 1.165) is 0 Å². The number of rotatable bonds is 17. The van der Waals surface area contributed by atoms with Gasteiger partial charge in [-0.05, 0) is 19.8 Å². The van der Waals surface area contributed by atoms with Gasteiger partial charge in [0.15, 0.2) is 0 Å². The molecule has 2 unspecified atom stereocenters. The summed E-state index contributed by atoms with van der Waals surface area (Å²) in [5.74, 6) is -0.163. The monoisotopic (exact) mass is 692 g/mol. The van der Waals surface area contributed by atoms with E-state index in [-0.39, 0.29) is 25.0 Å². The highest BCUT2D eigenvalue weighted by Gasteiger charge is 2.61. The molecule has 0 aromatic carbocycles. The van der Waals surface area contributed by atoms with Gasteiger partial charge in [0, 0.05) is 13.0 Å². The van der Waals surface area contributed by atoms with Crippen molar-refractivity contribution in [1.82, 2.24) is 0 Å². The van der Waals surface area contributed by atoms with Crippen LogP contribution in [-0.2, 0) is 55.0 Å². The first-order valence-electron chi connectivity index (χ1n) is 10.6. The van der Waals surface area contributed by atoms with Crippen LogP contribution in [0.5, 0.6) is 0 Å². The zero-order chi connectivity index (χ0) is 31.3. The van der Waals surface area contributed by atoms with Crippen molar-refractivity contribution in [3.8, 4) is 0 Å². The van der Waals surface area contributed by atoms with Crippen molar-refractivity contribution in [2.75, 3.05) is 6.61 Å². The summed E-state index contributed by atoms with van der Waals surface area (Å²) in [6, 6.07) is 0. The second-order valence-corrected chi connectivity index (χ2v) is 14.1. The third-order valence-corrected chi connectivity index (χ3v) is 7.31. The maximum Gasteiger partial charge on any atom is 0.470 e. The number of ketones is 1. The molecule has 27 heteroatoms. The smallest absolute Gasteiger partial charge is 0.373 e. The Hall–Kier alpha value is 0.180. The summed E-state index contributed by atoms with van der Waals surface area (Å²) in [5.41, 5.74) is 0. The highest BCUT2D eigenvalue weighted by atomic mass is 31.2. The number of unbranched alkanes of at least 4 members (excludes halogenated alkanes) is 2. The number of Topliss-reactive ketones (excluding diaryl/α,β-unsaturated/α-hetero) is 1. The lowest BCUT2D eigenvalue weighted by Gasteiger charge is -2.48. The van der Waals surface area contributed by atoms with Crippen LogP contribution < -0.4 is 0 Å². The summed E-state index contributed by atoms with van der Waals surface area (Å²) in [6.45, 7) is 0.783. The maximum atomic E-state index is 11.7. The Kier molecular flexibility index (Phi) is 14.1. The number of hydrogen-bond acceptors (Lipinski definition) is 12. The van der Waals surface area contributed by atoms with Crippen molar-refractivity contribution in [3.05, 3.63) is 0 Å². The number of ether oxygens (including phenoxy) is 1. The van der Waals surface area contributed by atoms with E-state index in [4.69, 9.17) is 4.74 Å². The molecule has 0 aliphatic heterocycles. The van der Waals surface area contributed by atoms with E-state index in [0.29, 0.717) is 6.42 Å². The Bertz CT molecular complexity index is 1020. The molecule has 22 nitrogen and oxygen atoms in total. The summed E-state index contributed by atoms with van der Waals surface area (Å²) in [7, 11) is -29.2. The first kappa shape index (κ1) is 38.2. The normalized spacial score (nSPS) is 27.1. The number of hydrogen-bond donors (Lipinski definition) is 10. The second-order valence-electron chi connectivity index (χ2n) is 8.15. The fourth-order valence-electron chi connectivity index (χ4n) is 3.58. The standard InChI is InChI=1S/C13H29O22P5/c1-7(14)5-3-2-4-6-30-8-9(31-36(15,16)17)11(33-38(21,22)23)13(35-40(27,28)29)12(34-39(24,25)26)10(8)32-37(18,19)20/h8-13H,2-6H2,1H3,(H2,15,16,17)(H2,18,19,20)(H2,21,22,23)(H2,24,25,26)(H2,27,28,29)/t8?,9-,10+,11-,12-,13?/m0/s1. The van der Waals surface area contributed by atoms with Crippen LogP contribution in [0.2, 0.25) is 0 Å². The summed E-state index contributed by atoms with van der Waals surface area (Å²) in [5, 5.41) is 0. The molecule has 40 heavy (non-hydrogen) atoms. The van der Waals surface area contributed by atoms with Gasteiger partial charge in [0.2, 0.25) is 0 Å². The molecule has 1 fully saturated rings. The third kappa shape index (κ3) is 15.6. The summed E-state index contributed by atoms with van der Waals surface area (Å²) >= 11 is 0. The molecule has 1 rings (SSSR count). The van der Waals surface area contributed by atoms with Gasteiger partial charge in [0.25, 0.3) is 0 Å². The number of carbonyl (C=O) groups is 1. The largest absolute Gasteiger partial charge is 0.470 e. The first-order chi connectivity index (χ1) is 17.8. The van der Waals surface area contributed by atoms with E-state index >= 15 is 0 Å². The highest BCUT2D eigenvalue weighted by Crippen LogP contribution is 2.55. The van der Waals surface area contributed by atoms with Crippen LogP contribution >= 0.6 is 39.1 Å². The summed E-state index contributed by atoms with van der Waals surface area (Å²) in [4.78, 5) is 105. The lowest BCUT2D eigenvalue weighted by Crippen LogP contribution is -2.66. The molecular weight excluding hydrogens is 663 g/mol. The van der Waals surface area contributed by atoms with E-state index in [1.165, 1.54) is 6.92 Å². The van der Waals surface area contributed by atoms with Crippen molar-refractivity contribution < 1.29 is 104 Å². The quantitative estimate of drug-likeness (QED) is 0.0640. The van der Waals surface area contributed by atoms with Gasteiger partial charge in [-0.1, -0.05) is 6.42 Å². The van der Waals surface area contributed by atoms with Crippen LogP contribution in [0, 0.1) is 0 Å². The van der Waals surface area contributed by atoms with Crippen LogP contribution in [0.3, 0.4) is 0 Å². The molecule has 0 radical (unpaired) electrons. The Morgan fingerprint density at radius 1 is 0.500 bits per heavy atom. The van der Waals surface area contributed by atoms with E-state index in [1.54, 1.807) is 0 Å². The van der Waals surface area contributed by atoms with Crippen molar-refractivity contribution >= 4 is 44.9 Å². The van der Waals surface area contributed by atoms with Gasteiger partial charge in [-0.15, -0.1) is 0 Å². The minimum absolute atomic E-state index is 0.0193. The molecule has 1 aliphatic rings. The molecule has 0 spiro atoms. The van der Waals surface area contributed by atoms with E-state index in [9.17, 15) is 76.6 Å². The Balaban J connectivity index is 3.76. The molecular formula is C13H29O22P5. The molecule has 0 amide bonds. The minimum atomic E-state index is -5.89. The fourth-order valence-corrected chi connectivity index (χ4v) is 6.36. The van der Waals surface area contributed by atoms with Crippen molar-refractivity contribution in [1.29, 1.82) is 0 Å².